The molecular formula is C13H25N5O2. The van der Waals surface area contributed by atoms with Crippen LogP contribution in [0.25, 0.3) is 0 Å². The first-order valence-corrected chi connectivity index (χ1v) is 6.92. The Bertz CT molecular complexity index is 425. The van der Waals surface area contributed by atoms with Gasteiger partial charge >= 0.3 is 6.01 Å². The lowest BCUT2D eigenvalue weighted by Gasteiger charge is -2.19. The van der Waals surface area contributed by atoms with Crippen molar-refractivity contribution >= 4 is 11.9 Å². The minimum atomic E-state index is -0.409. The summed E-state index contributed by atoms with van der Waals surface area (Å²) in [7, 11) is 0. The smallest absolute Gasteiger partial charge is 0.318 e. The van der Waals surface area contributed by atoms with Crippen LogP contribution in [0.2, 0.25) is 0 Å². The van der Waals surface area contributed by atoms with E-state index in [4.69, 9.17) is 10.2 Å². The van der Waals surface area contributed by atoms with Gasteiger partial charge in [-0.15, -0.1) is 5.10 Å². The first-order chi connectivity index (χ1) is 9.31. The number of primary amides is 1. The highest BCUT2D eigenvalue weighted by molar-refractivity contribution is 5.78. The van der Waals surface area contributed by atoms with Crippen molar-refractivity contribution in [2.24, 2.45) is 5.73 Å². The van der Waals surface area contributed by atoms with E-state index < -0.39 is 5.91 Å². The van der Waals surface area contributed by atoms with Crippen molar-refractivity contribution in [1.82, 2.24) is 15.5 Å². The molecule has 1 amide bonds. The average molecular weight is 283 g/mol. The molecule has 0 aliphatic rings. The maximum Gasteiger partial charge on any atom is 0.318 e. The van der Waals surface area contributed by atoms with E-state index in [9.17, 15) is 4.79 Å². The van der Waals surface area contributed by atoms with E-state index in [1.165, 1.54) is 0 Å². The summed E-state index contributed by atoms with van der Waals surface area (Å²) in [5.41, 5.74) is 5.22. The van der Waals surface area contributed by atoms with E-state index in [0.717, 1.165) is 12.8 Å². The highest BCUT2D eigenvalue weighted by Gasteiger charge is 2.17. The lowest BCUT2D eigenvalue weighted by Crippen LogP contribution is -2.35. The van der Waals surface area contributed by atoms with Gasteiger partial charge in [0, 0.05) is 12.1 Å². The largest absolute Gasteiger partial charge is 0.407 e. The highest BCUT2D eigenvalue weighted by Crippen LogP contribution is 2.13. The van der Waals surface area contributed by atoms with Crippen LogP contribution in [-0.2, 0) is 11.3 Å². The third-order valence-corrected chi connectivity index (χ3v) is 2.62. The fourth-order valence-electron chi connectivity index (χ4n) is 1.56. The van der Waals surface area contributed by atoms with Gasteiger partial charge in [0.2, 0.25) is 11.8 Å². The Labute approximate surface area is 119 Å². The Kier molecular flexibility index (Phi) is 5.94. The van der Waals surface area contributed by atoms with E-state index >= 15 is 0 Å². The van der Waals surface area contributed by atoms with Crippen LogP contribution in [0, 0.1) is 0 Å². The molecule has 1 aromatic heterocycles. The fraction of sp³-hybridized carbons (Fsp3) is 0.769. The molecule has 0 saturated carbocycles. The monoisotopic (exact) mass is 283 g/mol. The van der Waals surface area contributed by atoms with Gasteiger partial charge in [-0.1, -0.05) is 18.4 Å². The second-order valence-electron chi connectivity index (χ2n) is 5.82. The number of nitrogens with zero attached hydrogens (tertiary/aromatic N) is 3. The molecule has 20 heavy (non-hydrogen) atoms. The van der Waals surface area contributed by atoms with Gasteiger partial charge in [-0.25, -0.2) is 0 Å². The normalized spacial score (nSPS) is 11.6. The van der Waals surface area contributed by atoms with Crippen LogP contribution in [0.1, 0.15) is 46.4 Å². The van der Waals surface area contributed by atoms with Gasteiger partial charge in [0.25, 0.3) is 0 Å². The van der Waals surface area contributed by atoms with Crippen molar-refractivity contribution in [3.8, 4) is 0 Å². The molecule has 1 aromatic rings. The molecule has 1 heterocycles. The van der Waals surface area contributed by atoms with Crippen molar-refractivity contribution in [3.63, 3.8) is 0 Å². The third kappa shape index (κ3) is 6.01. The van der Waals surface area contributed by atoms with Gasteiger partial charge in [-0.05, 0) is 27.2 Å². The molecule has 0 spiro atoms. The molecule has 3 N–H and O–H groups in total. The molecule has 0 bridgehead atoms. The average Bonchev–Trinajstić information content (AvgIpc) is 2.79. The molecule has 0 fully saturated rings. The lowest BCUT2D eigenvalue weighted by atomic mass is 10.1. The zero-order valence-electron chi connectivity index (χ0n) is 12.8. The molecule has 0 unspecified atom stereocenters. The summed E-state index contributed by atoms with van der Waals surface area (Å²) in [6.07, 6.45) is 1.95. The lowest BCUT2D eigenvalue weighted by molar-refractivity contribution is -0.116. The SMILES string of the molecule is CCCCN(CC(N)=O)c1nnc(CNC(C)(C)C)o1. The van der Waals surface area contributed by atoms with E-state index in [2.05, 4.69) is 43.2 Å². The summed E-state index contributed by atoms with van der Waals surface area (Å²) in [5.74, 6) is 0.0922. The van der Waals surface area contributed by atoms with Crippen molar-refractivity contribution in [3.05, 3.63) is 5.89 Å². The number of anilines is 1. The zero-order valence-corrected chi connectivity index (χ0v) is 12.8. The van der Waals surface area contributed by atoms with E-state index in [1.807, 2.05) is 0 Å². The summed E-state index contributed by atoms with van der Waals surface area (Å²) < 4.78 is 5.57. The fourth-order valence-corrected chi connectivity index (χ4v) is 1.56. The summed E-state index contributed by atoms with van der Waals surface area (Å²) >= 11 is 0. The number of unbranched alkanes of at least 4 members (excludes halogenated alkanes) is 1. The minimum Gasteiger partial charge on any atom is -0.407 e. The van der Waals surface area contributed by atoms with Crippen LogP contribution < -0.4 is 16.0 Å². The molecule has 0 aromatic carbocycles. The quantitative estimate of drug-likeness (QED) is 0.740. The number of nitrogens with two attached hydrogens (primary N) is 1. The van der Waals surface area contributed by atoms with Crippen LogP contribution in [0.5, 0.6) is 0 Å². The molecule has 7 nitrogen and oxygen atoms in total. The van der Waals surface area contributed by atoms with Crippen LogP contribution in [-0.4, -0.2) is 34.7 Å². The highest BCUT2D eigenvalue weighted by atomic mass is 16.4. The van der Waals surface area contributed by atoms with Crippen LogP contribution in [0.3, 0.4) is 0 Å². The minimum absolute atomic E-state index is 0.0241. The van der Waals surface area contributed by atoms with Gasteiger partial charge in [-0.2, -0.15) is 0 Å². The number of amides is 1. The standard InChI is InChI=1S/C13H25N5O2/c1-5-6-7-18(9-10(14)19)12-17-16-11(20-12)8-15-13(2,3)4/h15H,5-9H2,1-4H3,(H2,14,19). The third-order valence-electron chi connectivity index (χ3n) is 2.62. The number of hydrogen-bond acceptors (Lipinski definition) is 6. The second-order valence-corrected chi connectivity index (χ2v) is 5.82. The number of carbonyl (C=O) groups is 1. The number of rotatable bonds is 8. The molecule has 0 aliphatic carbocycles. The Hall–Kier alpha value is -1.63. The number of aromatic nitrogens is 2. The molecule has 7 heteroatoms. The van der Waals surface area contributed by atoms with Gasteiger partial charge in [0.05, 0.1) is 6.54 Å². The molecule has 0 saturated heterocycles. The number of nitrogens with one attached hydrogen (secondary N) is 1. The summed E-state index contributed by atoms with van der Waals surface area (Å²) in [5, 5.41) is 11.2. The van der Waals surface area contributed by atoms with Crippen LogP contribution in [0.4, 0.5) is 6.01 Å². The summed E-state index contributed by atoms with van der Waals surface area (Å²) in [4.78, 5) is 12.8. The Balaban J connectivity index is 2.67. The molecule has 114 valence electrons. The maximum atomic E-state index is 11.1. The second kappa shape index (κ2) is 7.23. The zero-order chi connectivity index (χ0) is 15.2. The number of hydrogen-bond donors (Lipinski definition) is 2. The van der Waals surface area contributed by atoms with Crippen molar-refractivity contribution in [2.45, 2.75) is 52.6 Å². The maximum absolute atomic E-state index is 11.1. The summed E-state index contributed by atoms with van der Waals surface area (Å²) in [6.45, 7) is 9.52. The van der Waals surface area contributed by atoms with Gasteiger partial charge in [-0.3, -0.25) is 4.79 Å². The van der Waals surface area contributed by atoms with Crippen LogP contribution in [0.15, 0.2) is 4.42 Å². The Morgan fingerprint density at radius 1 is 1.40 bits per heavy atom. The first kappa shape index (κ1) is 16.4. The molecular weight excluding hydrogens is 258 g/mol. The predicted molar refractivity (Wildman–Crippen MR) is 77.2 cm³/mol. The van der Waals surface area contributed by atoms with E-state index in [-0.39, 0.29) is 12.1 Å². The molecule has 0 radical (unpaired) electrons. The summed E-state index contributed by atoms with van der Waals surface area (Å²) in [6, 6.07) is 0.350. The molecule has 0 atom stereocenters. The van der Waals surface area contributed by atoms with E-state index in [0.29, 0.717) is 25.0 Å². The van der Waals surface area contributed by atoms with Crippen molar-refractivity contribution in [1.29, 1.82) is 0 Å². The van der Waals surface area contributed by atoms with Crippen molar-refractivity contribution < 1.29 is 9.21 Å². The predicted octanol–water partition coefficient (Wildman–Crippen LogP) is 1.05. The van der Waals surface area contributed by atoms with Crippen LogP contribution >= 0.6 is 0 Å². The van der Waals surface area contributed by atoms with Gasteiger partial charge in [0.1, 0.15) is 6.54 Å². The van der Waals surface area contributed by atoms with Gasteiger partial charge < -0.3 is 20.4 Å². The van der Waals surface area contributed by atoms with Gasteiger partial charge in [0.15, 0.2) is 0 Å². The molecule has 0 aliphatic heterocycles. The first-order valence-electron chi connectivity index (χ1n) is 6.92. The Morgan fingerprint density at radius 3 is 2.65 bits per heavy atom. The topological polar surface area (TPSA) is 97.3 Å². The number of carbonyl (C=O) groups excluding carboxylic acids is 1. The van der Waals surface area contributed by atoms with Crippen molar-refractivity contribution in [2.75, 3.05) is 18.0 Å². The van der Waals surface area contributed by atoms with E-state index in [1.54, 1.807) is 4.90 Å². The Morgan fingerprint density at radius 2 is 2.10 bits per heavy atom. The molecule has 1 rings (SSSR count).